The maximum absolute atomic E-state index is 6.54. The van der Waals surface area contributed by atoms with E-state index in [-0.39, 0.29) is 5.54 Å². The molecule has 2 unspecified atom stereocenters. The maximum Gasteiger partial charge on any atom is 0.0157 e. The predicted molar refractivity (Wildman–Crippen MR) is 67.8 cm³/mol. The lowest BCUT2D eigenvalue weighted by Crippen LogP contribution is -2.45. The van der Waals surface area contributed by atoms with Crippen LogP contribution >= 0.6 is 0 Å². The highest BCUT2D eigenvalue weighted by Crippen LogP contribution is 2.37. The third-order valence-corrected chi connectivity index (χ3v) is 4.08. The van der Waals surface area contributed by atoms with Crippen LogP contribution in [0, 0.1) is 17.8 Å². The zero-order valence-corrected chi connectivity index (χ0v) is 11.1. The number of hydrogen-bond donors (Lipinski definition) is 1. The highest BCUT2D eigenvalue weighted by atomic mass is 14.7. The van der Waals surface area contributed by atoms with E-state index in [1.165, 1.54) is 38.5 Å². The molecule has 1 rings (SSSR count). The molecule has 0 aromatic rings. The molecule has 1 nitrogen and oxygen atoms in total. The van der Waals surface area contributed by atoms with E-state index in [9.17, 15) is 0 Å². The van der Waals surface area contributed by atoms with Crippen molar-refractivity contribution in [2.45, 2.75) is 71.8 Å². The van der Waals surface area contributed by atoms with Crippen LogP contribution in [0.1, 0.15) is 66.2 Å². The average Bonchev–Trinajstić information content (AvgIpc) is 2.15. The van der Waals surface area contributed by atoms with Crippen LogP contribution in [0.25, 0.3) is 0 Å². The third-order valence-electron chi connectivity index (χ3n) is 4.08. The Morgan fingerprint density at radius 2 is 1.93 bits per heavy atom. The molecule has 1 saturated carbocycles. The molecular formula is C14H29N. The summed E-state index contributed by atoms with van der Waals surface area (Å²) in [4.78, 5) is 0. The van der Waals surface area contributed by atoms with Gasteiger partial charge >= 0.3 is 0 Å². The Morgan fingerprint density at radius 3 is 2.47 bits per heavy atom. The molecule has 0 aromatic heterocycles. The average molecular weight is 211 g/mol. The van der Waals surface area contributed by atoms with Gasteiger partial charge in [-0.3, -0.25) is 0 Å². The van der Waals surface area contributed by atoms with Gasteiger partial charge < -0.3 is 5.73 Å². The van der Waals surface area contributed by atoms with Gasteiger partial charge in [0.1, 0.15) is 0 Å². The minimum atomic E-state index is 0.164. The number of rotatable bonds is 4. The maximum atomic E-state index is 6.54. The van der Waals surface area contributed by atoms with Crippen molar-refractivity contribution in [3.8, 4) is 0 Å². The molecule has 15 heavy (non-hydrogen) atoms. The molecule has 2 N–H and O–H groups in total. The van der Waals surface area contributed by atoms with Crippen LogP contribution in [-0.4, -0.2) is 5.54 Å². The van der Waals surface area contributed by atoms with Crippen LogP contribution in [-0.2, 0) is 0 Å². The van der Waals surface area contributed by atoms with Gasteiger partial charge in [0.15, 0.2) is 0 Å². The van der Waals surface area contributed by atoms with Crippen LogP contribution in [0.5, 0.6) is 0 Å². The molecule has 0 radical (unpaired) electrons. The standard InChI is InChI=1S/C14H29N/c1-11(2)7-9-14(15)8-5-6-13(10-14)12(3)4/h11-13H,5-10,15H2,1-4H3. The van der Waals surface area contributed by atoms with Crippen molar-refractivity contribution in [1.82, 2.24) is 0 Å². The zero-order valence-electron chi connectivity index (χ0n) is 11.1. The summed E-state index contributed by atoms with van der Waals surface area (Å²) in [6.45, 7) is 9.29. The number of nitrogens with two attached hydrogens (primary N) is 1. The van der Waals surface area contributed by atoms with Gasteiger partial charge in [0.05, 0.1) is 0 Å². The van der Waals surface area contributed by atoms with E-state index in [0.29, 0.717) is 0 Å². The van der Waals surface area contributed by atoms with E-state index in [2.05, 4.69) is 27.7 Å². The van der Waals surface area contributed by atoms with Crippen molar-refractivity contribution in [2.24, 2.45) is 23.5 Å². The van der Waals surface area contributed by atoms with Crippen molar-refractivity contribution >= 4 is 0 Å². The van der Waals surface area contributed by atoms with E-state index in [1.54, 1.807) is 0 Å². The molecule has 2 atom stereocenters. The molecule has 0 bridgehead atoms. The molecule has 0 aromatic carbocycles. The molecule has 1 fully saturated rings. The van der Waals surface area contributed by atoms with Crippen LogP contribution in [0.15, 0.2) is 0 Å². The Morgan fingerprint density at radius 1 is 1.27 bits per heavy atom. The summed E-state index contributed by atoms with van der Waals surface area (Å²) < 4.78 is 0. The normalized spacial score (nSPS) is 32.6. The second-order valence-electron chi connectivity index (χ2n) is 6.40. The number of hydrogen-bond acceptors (Lipinski definition) is 1. The molecule has 1 heteroatoms. The molecule has 90 valence electrons. The first-order valence-electron chi connectivity index (χ1n) is 6.72. The summed E-state index contributed by atoms with van der Waals surface area (Å²) in [6.07, 6.45) is 7.78. The van der Waals surface area contributed by atoms with Crippen LogP contribution < -0.4 is 5.73 Å². The van der Waals surface area contributed by atoms with Gasteiger partial charge in [-0.05, 0) is 43.4 Å². The Balaban J connectivity index is 2.45. The van der Waals surface area contributed by atoms with E-state index < -0.39 is 0 Å². The summed E-state index contributed by atoms with van der Waals surface area (Å²) in [7, 11) is 0. The molecule has 1 aliphatic rings. The van der Waals surface area contributed by atoms with Gasteiger partial charge in [0, 0.05) is 5.54 Å². The van der Waals surface area contributed by atoms with Crippen molar-refractivity contribution in [3.05, 3.63) is 0 Å². The van der Waals surface area contributed by atoms with Gasteiger partial charge in [0.2, 0.25) is 0 Å². The molecule has 0 saturated heterocycles. The minimum absolute atomic E-state index is 0.164. The molecule has 1 aliphatic carbocycles. The Labute approximate surface area is 95.8 Å². The second-order valence-corrected chi connectivity index (χ2v) is 6.40. The summed E-state index contributed by atoms with van der Waals surface area (Å²) in [5.41, 5.74) is 6.70. The van der Waals surface area contributed by atoms with Crippen molar-refractivity contribution in [2.75, 3.05) is 0 Å². The molecule has 0 spiro atoms. The van der Waals surface area contributed by atoms with Crippen molar-refractivity contribution < 1.29 is 0 Å². The van der Waals surface area contributed by atoms with Gasteiger partial charge in [-0.25, -0.2) is 0 Å². The Kier molecular flexibility index (Phi) is 4.64. The summed E-state index contributed by atoms with van der Waals surface area (Å²) in [5, 5.41) is 0. The fraction of sp³-hybridized carbons (Fsp3) is 1.00. The minimum Gasteiger partial charge on any atom is -0.325 e. The van der Waals surface area contributed by atoms with Crippen LogP contribution in [0.3, 0.4) is 0 Å². The lowest BCUT2D eigenvalue weighted by molar-refractivity contribution is 0.168. The van der Waals surface area contributed by atoms with E-state index in [1.807, 2.05) is 0 Å². The summed E-state index contributed by atoms with van der Waals surface area (Å²) >= 11 is 0. The van der Waals surface area contributed by atoms with Crippen molar-refractivity contribution in [3.63, 3.8) is 0 Å². The first-order chi connectivity index (χ1) is 6.93. The highest BCUT2D eigenvalue weighted by Gasteiger charge is 2.33. The lowest BCUT2D eigenvalue weighted by atomic mass is 9.70. The SMILES string of the molecule is CC(C)CCC1(N)CCCC(C(C)C)C1. The van der Waals surface area contributed by atoms with Gasteiger partial charge in [-0.15, -0.1) is 0 Å². The van der Waals surface area contributed by atoms with Gasteiger partial charge in [0.25, 0.3) is 0 Å². The topological polar surface area (TPSA) is 26.0 Å². The predicted octanol–water partition coefficient (Wildman–Crippen LogP) is 3.97. The van der Waals surface area contributed by atoms with E-state index >= 15 is 0 Å². The smallest absolute Gasteiger partial charge is 0.0157 e. The largest absolute Gasteiger partial charge is 0.325 e. The van der Waals surface area contributed by atoms with Crippen LogP contribution in [0.2, 0.25) is 0 Å². The summed E-state index contributed by atoms with van der Waals surface area (Å²) in [5.74, 6) is 2.48. The lowest BCUT2D eigenvalue weighted by Gasteiger charge is -2.40. The monoisotopic (exact) mass is 211 g/mol. The van der Waals surface area contributed by atoms with Gasteiger partial charge in [-0.1, -0.05) is 40.5 Å². The fourth-order valence-corrected chi connectivity index (χ4v) is 2.81. The molecule has 0 amide bonds. The summed E-state index contributed by atoms with van der Waals surface area (Å²) in [6, 6.07) is 0. The Bertz CT molecular complexity index is 186. The van der Waals surface area contributed by atoms with Crippen LogP contribution in [0.4, 0.5) is 0 Å². The van der Waals surface area contributed by atoms with Crippen molar-refractivity contribution in [1.29, 1.82) is 0 Å². The molecular weight excluding hydrogens is 182 g/mol. The zero-order chi connectivity index (χ0) is 11.5. The van der Waals surface area contributed by atoms with E-state index in [0.717, 1.165) is 17.8 Å². The molecule has 0 heterocycles. The van der Waals surface area contributed by atoms with Gasteiger partial charge in [-0.2, -0.15) is 0 Å². The first kappa shape index (κ1) is 13.0. The molecule has 0 aliphatic heterocycles. The van der Waals surface area contributed by atoms with E-state index in [4.69, 9.17) is 5.73 Å². The quantitative estimate of drug-likeness (QED) is 0.748. The first-order valence-corrected chi connectivity index (χ1v) is 6.72. The fourth-order valence-electron chi connectivity index (χ4n) is 2.81. The highest BCUT2D eigenvalue weighted by molar-refractivity contribution is 4.91. The third kappa shape index (κ3) is 4.14. The Hall–Kier alpha value is -0.0400. The second kappa shape index (κ2) is 5.34.